The molecule has 3 aromatic rings. The summed E-state index contributed by atoms with van der Waals surface area (Å²) in [5, 5.41) is 16.2. The number of halogens is 1. The first-order valence-electron chi connectivity index (χ1n) is 7.96. The SMILES string of the molecule is Cl.NC(=O)c1ccc(Nc2nc(NCCCO)c3ccccc3n2)cc1. The summed E-state index contributed by atoms with van der Waals surface area (Å²) in [6, 6.07) is 14.5. The number of amides is 1. The quantitative estimate of drug-likeness (QED) is 0.473. The maximum atomic E-state index is 11.1. The fourth-order valence-electron chi connectivity index (χ4n) is 2.40. The lowest BCUT2D eigenvalue weighted by Gasteiger charge is -2.11. The number of benzene rings is 2. The molecule has 7 nitrogen and oxygen atoms in total. The summed E-state index contributed by atoms with van der Waals surface area (Å²) in [6.07, 6.45) is 0.635. The van der Waals surface area contributed by atoms with E-state index in [1.165, 1.54) is 0 Å². The molecule has 2 aromatic carbocycles. The van der Waals surface area contributed by atoms with Crippen LogP contribution in [0.15, 0.2) is 48.5 Å². The summed E-state index contributed by atoms with van der Waals surface area (Å²) in [7, 11) is 0. The molecule has 1 aromatic heterocycles. The highest BCUT2D eigenvalue weighted by atomic mass is 35.5. The number of nitrogens with zero attached hydrogens (tertiary/aromatic N) is 2. The molecule has 0 bridgehead atoms. The molecule has 136 valence electrons. The van der Waals surface area contributed by atoms with Crippen molar-refractivity contribution in [3.05, 3.63) is 54.1 Å². The number of nitrogens with two attached hydrogens (primary N) is 1. The fourth-order valence-corrected chi connectivity index (χ4v) is 2.40. The van der Waals surface area contributed by atoms with Crippen molar-refractivity contribution in [3.63, 3.8) is 0 Å². The Bertz CT molecular complexity index is 886. The van der Waals surface area contributed by atoms with Crippen LogP contribution in [-0.2, 0) is 0 Å². The normalized spacial score (nSPS) is 10.2. The van der Waals surface area contributed by atoms with Crippen molar-refractivity contribution in [1.29, 1.82) is 0 Å². The van der Waals surface area contributed by atoms with Gasteiger partial charge in [-0.2, -0.15) is 4.98 Å². The molecule has 26 heavy (non-hydrogen) atoms. The van der Waals surface area contributed by atoms with E-state index < -0.39 is 5.91 Å². The standard InChI is InChI=1S/C18H19N5O2.ClH/c19-16(25)12-6-8-13(9-7-12)21-18-22-15-5-2-1-4-14(15)17(23-18)20-10-3-11-24;/h1-2,4-9,24H,3,10-11H2,(H2,19,25)(H2,20,21,22,23);1H. The Labute approximate surface area is 157 Å². The van der Waals surface area contributed by atoms with Gasteiger partial charge in [0.25, 0.3) is 0 Å². The number of primary amides is 1. The van der Waals surface area contributed by atoms with Crippen molar-refractivity contribution >= 4 is 46.7 Å². The van der Waals surface area contributed by atoms with E-state index in [1.807, 2.05) is 24.3 Å². The van der Waals surface area contributed by atoms with Gasteiger partial charge in [0, 0.05) is 29.8 Å². The van der Waals surface area contributed by atoms with Crippen LogP contribution in [0.25, 0.3) is 10.9 Å². The van der Waals surface area contributed by atoms with E-state index >= 15 is 0 Å². The zero-order valence-electron chi connectivity index (χ0n) is 14.0. The summed E-state index contributed by atoms with van der Waals surface area (Å²) in [5.74, 6) is 0.677. The number of aliphatic hydroxyl groups excluding tert-OH is 1. The Morgan fingerprint density at radius 3 is 2.50 bits per heavy atom. The third-order valence-corrected chi connectivity index (χ3v) is 3.66. The molecule has 0 unspecified atom stereocenters. The van der Waals surface area contributed by atoms with Crippen molar-refractivity contribution < 1.29 is 9.90 Å². The second kappa shape index (κ2) is 8.98. The van der Waals surface area contributed by atoms with Crippen molar-refractivity contribution in [1.82, 2.24) is 9.97 Å². The van der Waals surface area contributed by atoms with Gasteiger partial charge in [0.15, 0.2) is 0 Å². The van der Waals surface area contributed by atoms with Crippen molar-refractivity contribution in [2.75, 3.05) is 23.8 Å². The van der Waals surface area contributed by atoms with Gasteiger partial charge in [-0.3, -0.25) is 4.79 Å². The number of aliphatic hydroxyl groups is 1. The van der Waals surface area contributed by atoms with Gasteiger partial charge < -0.3 is 21.5 Å². The fraction of sp³-hybridized carbons (Fsp3) is 0.167. The number of rotatable bonds is 7. The van der Waals surface area contributed by atoms with Crippen LogP contribution in [0.3, 0.4) is 0 Å². The van der Waals surface area contributed by atoms with Gasteiger partial charge in [0.05, 0.1) is 5.52 Å². The molecule has 5 N–H and O–H groups in total. The molecule has 0 radical (unpaired) electrons. The number of nitrogens with one attached hydrogen (secondary N) is 2. The van der Waals surface area contributed by atoms with E-state index in [9.17, 15) is 4.79 Å². The van der Waals surface area contributed by atoms with Crippen LogP contribution < -0.4 is 16.4 Å². The van der Waals surface area contributed by atoms with Crippen molar-refractivity contribution in [2.24, 2.45) is 5.73 Å². The van der Waals surface area contributed by atoms with Crippen LogP contribution in [0.1, 0.15) is 16.8 Å². The highest BCUT2D eigenvalue weighted by Crippen LogP contribution is 2.23. The first-order chi connectivity index (χ1) is 12.2. The highest BCUT2D eigenvalue weighted by Gasteiger charge is 2.08. The van der Waals surface area contributed by atoms with Crippen LogP contribution in [0.2, 0.25) is 0 Å². The number of carbonyl (C=O) groups is 1. The van der Waals surface area contributed by atoms with E-state index in [2.05, 4.69) is 20.6 Å². The predicted molar refractivity (Wildman–Crippen MR) is 105 cm³/mol. The van der Waals surface area contributed by atoms with Crippen molar-refractivity contribution in [2.45, 2.75) is 6.42 Å². The minimum absolute atomic E-state index is 0. The van der Waals surface area contributed by atoms with E-state index in [-0.39, 0.29) is 19.0 Å². The molecular weight excluding hydrogens is 354 g/mol. The highest BCUT2D eigenvalue weighted by molar-refractivity contribution is 5.93. The molecule has 3 rings (SSSR count). The lowest BCUT2D eigenvalue weighted by Crippen LogP contribution is -2.10. The molecule has 8 heteroatoms. The van der Waals surface area contributed by atoms with Gasteiger partial charge in [0.2, 0.25) is 11.9 Å². The number of carbonyl (C=O) groups excluding carboxylic acids is 1. The summed E-state index contributed by atoms with van der Waals surface area (Å²) < 4.78 is 0. The summed E-state index contributed by atoms with van der Waals surface area (Å²) >= 11 is 0. The second-order valence-corrected chi connectivity index (χ2v) is 5.48. The minimum Gasteiger partial charge on any atom is -0.396 e. The maximum Gasteiger partial charge on any atom is 0.248 e. The van der Waals surface area contributed by atoms with E-state index in [4.69, 9.17) is 10.8 Å². The molecule has 0 aliphatic rings. The number of fused-ring (bicyclic) bond motifs is 1. The number of hydrogen-bond acceptors (Lipinski definition) is 6. The zero-order chi connectivity index (χ0) is 17.6. The number of para-hydroxylation sites is 1. The van der Waals surface area contributed by atoms with Crippen LogP contribution in [0.5, 0.6) is 0 Å². The number of anilines is 3. The van der Waals surface area contributed by atoms with E-state index in [0.717, 1.165) is 16.6 Å². The molecule has 0 aliphatic heterocycles. The Morgan fingerprint density at radius 2 is 1.81 bits per heavy atom. The molecule has 0 fully saturated rings. The molecule has 0 aliphatic carbocycles. The monoisotopic (exact) mass is 373 g/mol. The Hall–Kier alpha value is -2.90. The van der Waals surface area contributed by atoms with E-state index in [0.29, 0.717) is 30.3 Å². The van der Waals surface area contributed by atoms with Crippen LogP contribution in [0, 0.1) is 0 Å². The molecule has 0 spiro atoms. The second-order valence-electron chi connectivity index (χ2n) is 5.48. The van der Waals surface area contributed by atoms with Crippen LogP contribution in [0.4, 0.5) is 17.5 Å². The third kappa shape index (κ3) is 4.59. The Morgan fingerprint density at radius 1 is 1.08 bits per heavy atom. The summed E-state index contributed by atoms with van der Waals surface area (Å²) in [5.41, 5.74) is 7.24. The van der Waals surface area contributed by atoms with Crippen molar-refractivity contribution in [3.8, 4) is 0 Å². The molecular formula is C18H20ClN5O2. The van der Waals surface area contributed by atoms with E-state index in [1.54, 1.807) is 24.3 Å². The van der Waals surface area contributed by atoms with Gasteiger partial charge in [-0.1, -0.05) is 12.1 Å². The lowest BCUT2D eigenvalue weighted by molar-refractivity contribution is 0.100. The molecule has 0 atom stereocenters. The summed E-state index contributed by atoms with van der Waals surface area (Å²) in [4.78, 5) is 20.2. The predicted octanol–water partition coefficient (Wildman–Crippen LogP) is 2.69. The van der Waals surface area contributed by atoms with Crippen LogP contribution >= 0.6 is 12.4 Å². The first-order valence-corrected chi connectivity index (χ1v) is 7.96. The lowest BCUT2D eigenvalue weighted by atomic mass is 10.2. The van der Waals surface area contributed by atoms with Gasteiger partial charge in [-0.05, 0) is 42.8 Å². The minimum atomic E-state index is -0.469. The molecule has 0 saturated carbocycles. The zero-order valence-corrected chi connectivity index (χ0v) is 14.8. The van der Waals surface area contributed by atoms with Gasteiger partial charge in [-0.25, -0.2) is 4.98 Å². The number of hydrogen-bond donors (Lipinski definition) is 4. The average molecular weight is 374 g/mol. The molecule has 1 heterocycles. The Balaban J connectivity index is 0.00000243. The largest absolute Gasteiger partial charge is 0.396 e. The molecule has 0 saturated heterocycles. The Kier molecular flexibility index (Phi) is 6.71. The molecule has 1 amide bonds. The van der Waals surface area contributed by atoms with Gasteiger partial charge in [-0.15, -0.1) is 12.4 Å². The number of aromatic nitrogens is 2. The maximum absolute atomic E-state index is 11.1. The average Bonchev–Trinajstić information content (AvgIpc) is 2.62. The van der Waals surface area contributed by atoms with Crippen LogP contribution in [-0.4, -0.2) is 34.1 Å². The smallest absolute Gasteiger partial charge is 0.248 e. The topological polar surface area (TPSA) is 113 Å². The third-order valence-electron chi connectivity index (χ3n) is 3.66. The summed E-state index contributed by atoms with van der Waals surface area (Å²) in [6.45, 7) is 0.734. The van der Waals surface area contributed by atoms with Gasteiger partial charge in [0.1, 0.15) is 5.82 Å². The van der Waals surface area contributed by atoms with Gasteiger partial charge >= 0.3 is 0 Å². The first kappa shape index (κ1) is 19.4.